The third-order valence-electron chi connectivity index (χ3n) is 1.93. The number of aliphatic hydroxyl groups is 1. The average Bonchev–Trinajstić information content (AvgIpc) is 2.25. The zero-order valence-electron chi connectivity index (χ0n) is 8.40. The Bertz CT molecular complexity index is 246. The molecule has 0 amide bonds. The van der Waals surface area contributed by atoms with Crippen LogP contribution in [-0.4, -0.2) is 30.3 Å². The van der Waals surface area contributed by atoms with Crippen molar-refractivity contribution < 1.29 is 9.84 Å². The molecule has 78 valence electrons. The first-order valence-electron chi connectivity index (χ1n) is 4.68. The second-order valence-electron chi connectivity index (χ2n) is 2.93. The van der Waals surface area contributed by atoms with Crippen LogP contribution in [-0.2, 0) is 6.42 Å². The minimum atomic E-state index is 0.271. The highest BCUT2D eigenvalue weighted by molar-refractivity contribution is 7.99. The van der Waals surface area contributed by atoms with Crippen molar-refractivity contribution in [1.82, 2.24) is 0 Å². The Kier molecular flexibility index (Phi) is 5.49. The first-order valence-corrected chi connectivity index (χ1v) is 5.84. The first kappa shape index (κ1) is 11.4. The van der Waals surface area contributed by atoms with Crippen LogP contribution in [0.25, 0.3) is 0 Å². The van der Waals surface area contributed by atoms with Gasteiger partial charge in [0.05, 0.1) is 13.7 Å². The van der Waals surface area contributed by atoms with Gasteiger partial charge in [-0.05, 0) is 29.9 Å². The molecule has 0 aliphatic rings. The van der Waals surface area contributed by atoms with E-state index in [1.807, 2.05) is 12.1 Å². The van der Waals surface area contributed by atoms with Gasteiger partial charge in [0.25, 0.3) is 0 Å². The van der Waals surface area contributed by atoms with Crippen molar-refractivity contribution >= 4 is 11.8 Å². The second-order valence-corrected chi connectivity index (χ2v) is 4.16. The molecule has 1 rings (SSSR count). The summed E-state index contributed by atoms with van der Waals surface area (Å²) >= 11 is 1.78. The summed E-state index contributed by atoms with van der Waals surface area (Å²) in [6.45, 7) is 0.271. The SMILES string of the molecule is COc1ccc(CCSCCO)cc1. The lowest BCUT2D eigenvalue weighted by atomic mass is 10.2. The summed E-state index contributed by atoms with van der Waals surface area (Å²) in [5, 5.41) is 8.59. The third-order valence-corrected chi connectivity index (χ3v) is 2.89. The predicted molar refractivity (Wildman–Crippen MR) is 61.1 cm³/mol. The molecule has 0 fully saturated rings. The maximum Gasteiger partial charge on any atom is 0.118 e. The van der Waals surface area contributed by atoms with E-state index in [4.69, 9.17) is 9.84 Å². The number of hydrogen-bond acceptors (Lipinski definition) is 3. The Hall–Kier alpha value is -0.670. The quantitative estimate of drug-likeness (QED) is 0.731. The zero-order chi connectivity index (χ0) is 10.2. The van der Waals surface area contributed by atoms with Gasteiger partial charge in [0.2, 0.25) is 0 Å². The summed E-state index contributed by atoms with van der Waals surface area (Å²) in [5.74, 6) is 2.79. The van der Waals surface area contributed by atoms with Crippen molar-refractivity contribution in [2.45, 2.75) is 6.42 Å². The van der Waals surface area contributed by atoms with E-state index in [2.05, 4.69) is 12.1 Å². The molecule has 0 radical (unpaired) electrons. The molecule has 1 aromatic carbocycles. The smallest absolute Gasteiger partial charge is 0.118 e. The number of methoxy groups -OCH3 is 1. The lowest BCUT2D eigenvalue weighted by molar-refractivity contribution is 0.322. The Labute approximate surface area is 89.3 Å². The molecule has 0 unspecified atom stereocenters. The van der Waals surface area contributed by atoms with E-state index in [9.17, 15) is 0 Å². The minimum Gasteiger partial charge on any atom is -0.497 e. The lowest BCUT2D eigenvalue weighted by Gasteiger charge is -2.02. The van der Waals surface area contributed by atoms with Gasteiger partial charge in [0.15, 0.2) is 0 Å². The molecule has 1 aromatic rings. The normalized spacial score (nSPS) is 10.1. The van der Waals surface area contributed by atoms with E-state index in [1.165, 1.54) is 5.56 Å². The molecule has 14 heavy (non-hydrogen) atoms. The molecule has 1 N–H and O–H groups in total. The van der Waals surface area contributed by atoms with Crippen LogP contribution in [0.2, 0.25) is 0 Å². The third kappa shape index (κ3) is 4.03. The number of aryl methyl sites for hydroxylation is 1. The standard InChI is InChI=1S/C11H16O2S/c1-13-11-4-2-10(3-5-11)6-8-14-9-7-12/h2-5,12H,6-9H2,1H3. The van der Waals surface area contributed by atoms with Gasteiger partial charge in [0, 0.05) is 5.75 Å². The number of benzene rings is 1. The van der Waals surface area contributed by atoms with E-state index in [-0.39, 0.29) is 6.61 Å². The number of hydrogen-bond donors (Lipinski definition) is 1. The molecule has 0 atom stereocenters. The zero-order valence-corrected chi connectivity index (χ0v) is 9.22. The van der Waals surface area contributed by atoms with Crippen LogP contribution in [0, 0.1) is 0 Å². The summed E-state index contributed by atoms with van der Waals surface area (Å²) < 4.78 is 5.07. The highest BCUT2D eigenvalue weighted by Crippen LogP contribution is 2.13. The fraction of sp³-hybridized carbons (Fsp3) is 0.455. The molecule has 0 spiro atoms. The largest absolute Gasteiger partial charge is 0.497 e. The van der Waals surface area contributed by atoms with Gasteiger partial charge in [-0.1, -0.05) is 12.1 Å². The van der Waals surface area contributed by atoms with Crippen LogP contribution in [0.4, 0.5) is 0 Å². The molecular formula is C11H16O2S. The summed E-state index contributed by atoms with van der Waals surface area (Å²) in [6, 6.07) is 8.12. The van der Waals surface area contributed by atoms with Gasteiger partial charge in [-0.3, -0.25) is 0 Å². The van der Waals surface area contributed by atoms with E-state index in [0.29, 0.717) is 0 Å². The topological polar surface area (TPSA) is 29.5 Å². The molecule has 2 nitrogen and oxygen atoms in total. The van der Waals surface area contributed by atoms with Crippen LogP contribution in [0.1, 0.15) is 5.56 Å². The maximum atomic E-state index is 8.59. The minimum absolute atomic E-state index is 0.271. The van der Waals surface area contributed by atoms with E-state index < -0.39 is 0 Å². The molecule has 0 aromatic heterocycles. The van der Waals surface area contributed by atoms with Crippen LogP contribution in [0.3, 0.4) is 0 Å². The summed E-state index contributed by atoms with van der Waals surface area (Å²) in [4.78, 5) is 0. The summed E-state index contributed by atoms with van der Waals surface area (Å²) in [5.41, 5.74) is 1.32. The van der Waals surface area contributed by atoms with Gasteiger partial charge in [-0.15, -0.1) is 0 Å². The van der Waals surface area contributed by atoms with Crippen LogP contribution in [0.5, 0.6) is 5.75 Å². The number of ether oxygens (including phenoxy) is 1. The fourth-order valence-electron chi connectivity index (χ4n) is 1.15. The number of aliphatic hydroxyl groups excluding tert-OH is 1. The highest BCUT2D eigenvalue weighted by atomic mass is 32.2. The number of rotatable bonds is 6. The van der Waals surface area contributed by atoms with Crippen molar-refractivity contribution in [2.24, 2.45) is 0 Å². The molecule has 3 heteroatoms. The van der Waals surface area contributed by atoms with E-state index >= 15 is 0 Å². The Morgan fingerprint density at radius 1 is 1.21 bits per heavy atom. The van der Waals surface area contributed by atoms with Crippen molar-refractivity contribution in [3.05, 3.63) is 29.8 Å². The van der Waals surface area contributed by atoms with Gasteiger partial charge < -0.3 is 9.84 Å². The highest BCUT2D eigenvalue weighted by Gasteiger charge is 1.94. The van der Waals surface area contributed by atoms with Gasteiger partial charge in [0.1, 0.15) is 5.75 Å². The van der Waals surface area contributed by atoms with E-state index in [0.717, 1.165) is 23.7 Å². The fourth-order valence-corrected chi connectivity index (χ4v) is 1.86. The van der Waals surface area contributed by atoms with Crippen LogP contribution in [0.15, 0.2) is 24.3 Å². The predicted octanol–water partition coefficient (Wildman–Crippen LogP) is 1.96. The number of thioether (sulfide) groups is 1. The summed E-state index contributed by atoms with van der Waals surface area (Å²) in [7, 11) is 1.67. The molecule has 0 saturated carbocycles. The van der Waals surface area contributed by atoms with Crippen molar-refractivity contribution in [3.8, 4) is 5.75 Å². The summed E-state index contributed by atoms with van der Waals surface area (Å²) in [6.07, 6.45) is 1.05. The Morgan fingerprint density at radius 2 is 1.93 bits per heavy atom. The molecule has 0 bridgehead atoms. The molecule has 0 heterocycles. The van der Waals surface area contributed by atoms with Gasteiger partial charge in [-0.25, -0.2) is 0 Å². The molecular weight excluding hydrogens is 196 g/mol. The Morgan fingerprint density at radius 3 is 2.50 bits per heavy atom. The average molecular weight is 212 g/mol. The van der Waals surface area contributed by atoms with Crippen LogP contribution < -0.4 is 4.74 Å². The van der Waals surface area contributed by atoms with Gasteiger partial charge >= 0.3 is 0 Å². The molecule has 0 saturated heterocycles. The molecule has 0 aliphatic heterocycles. The Balaban J connectivity index is 2.29. The lowest BCUT2D eigenvalue weighted by Crippen LogP contribution is -1.92. The van der Waals surface area contributed by atoms with Crippen LogP contribution >= 0.6 is 11.8 Å². The van der Waals surface area contributed by atoms with Crippen molar-refractivity contribution in [2.75, 3.05) is 25.2 Å². The van der Waals surface area contributed by atoms with Crippen molar-refractivity contribution in [1.29, 1.82) is 0 Å². The monoisotopic (exact) mass is 212 g/mol. The van der Waals surface area contributed by atoms with Gasteiger partial charge in [-0.2, -0.15) is 11.8 Å². The second kappa shape index (κ2) is 6.74. The van der Waals surface area contributed by atoms with Crippen molar-refractivity contribution in [3.63, 3.8) is 0 Å². The first-order chi connectivity index (χ1) is 6.86. The maximum absolute atomic E-state index is 8.59. The molecule has 0 aliphatic carbocycles. The van der Waals surface area contributed by atoms with E-state index in [1.54, 1.807) is 18.9 Å².